The molecule has 86 valence electrons. The summed E-state index contributed by atoms with van der Waals surface area (Å²) >= 11 is 0. The first-order valence-corrected chi connectivity index (χ1v) is 6.52. The average Bonchev–Trinajstić information content (AvgIpc) is 2.15. The molecule has 0 fully saturated rings. The van der Waals surface area contributed by atoms with Crippen LogP contribution in [-0.2, 0) is 14.8 Å². The highest BCUT2D eigenvalue weighted by Gasteiger charge is 2.07. The van der Waals surface area contributed by atoms with E-state index >= 15 is 0 Å². The summed E-state index contributed by atoms with van der Waals surface area (Å²) in [5.41, 5.74) is 5.22. The van der Waals surface area contributed by atoms with Gasteiger partial charge in [0.15, 0.2) is 0 Å². The van der Waals surface area contributed by atoms with Crippen LogP contribution in [0.1, 0.15) is 19.8 Å². The number of nitrogens with two attached hydrogens (primary N) is 1. The molecule has 14 heavy (non-hydrogen) atoms. The number of hydrogen-bond acceptors (Lipinski definition) is 4. The molecule has 0 amide bonds. The van der Waals surface area contributed by atoms with Gasteiger partial charge in [-0.05, 0) is 26.3 Å². The minimum absolute atomic E-state index is 0.109. The first-order chi connectivity index (χ1) is 6.62. The zero-order valence-corrected chi connectivity index (χ0v) is 9.48. The summed E-state index contributed by atoms with van der Waals surface area (Å²) < 4.78 is 30.0. The molecule has 0 aliphatic heterocycles. The summed E-state index contributed by atoms with van der Waals surface area (Å²) in [6.45, 7) is 4.01. The lowest BCUT2D eigenvalue weighted by molar-refractivity contribution is 0.146. The van der Waals surface area contributed by atoms with E-state index in [4.69, 9.17) is 10.5 Å². The molecule has 0 radical (unpaired) electrons. The van der Waals surface area contributed by atoms with Gasteiger partial charge >= 0.3 is 0 Å². The summed E-state index contributed by atoms with van der Waals surface area (Å²) in [6.07, 6.45) is 1.20. The number of nitrogens with one attached hydrogen (secondary N) is 1. The SMILES string of the molecule is CCOCCCNS(=O)(=O)CCCN. The van der Waals surface area contributed by atoms with Crippen LogP contribution in [0.25, 0.3) is 0 Å². The van der Waals surface area contributed by atoms with E-state index in [9.17, 15) is 8.42 Å². The summed E-state index contributed by atoms with van der Waals surface area (Å²) in [5.74, 6) is 0.109. The Morgan fingerprint density at radius 1 is 1.36 bits per heavy atom. The Morgan fingerprint density at radius 3 is 2.64 bits per heavy atom. The highest BCUT2D eigenvalue weighted by atomic mass is 32.2. The van der Waals surface area contributed by atoms with Gasteiger partial charge in [0.2, 0.25) is 10.0 Å². The van der Waals surface area contributed by atoms with E-state index in [1.54, 1.807) is 0 Å². The molecule has 6 heteroatoms. The van der Waals surface area contributed by atoms with Crippen LogP contribution < -0.4 is 10.5 Å². The number of ether oxygens (including phenoxy) is 1. The predicted molar refractivity (Wildman–Crippen MR) is 56.6 cm³/mol. The van der Waals surface area contributed by atoms with Crippen molar-refractivity contribution in [2.24, 2.45) is 5.73 Å². The Bertz CT molecular complexity index is 217. The molecule has 5 nitrogen and oxygen atoms in total. The van der Waals surface area contributed by atoms with Gasteiger partial charge in [-0.15, -0.1) is 0 Å². The first-order valence-electron chi connectivity index (χ1n) is 4.87. The summed E-state index contributed by atoms with van der Waals surface area (Å²) in [7, 11) is -3.12. The van der Waals surface area contributed by atoms with E-state index in [-0.39, 0.29) is 5.75 Å². The van der Waals surface area contributed by atoms with Gasteiger partial charge in [0, 0.05) is 19.8 Å². The second-order valence-corrected chi connectivity index (χ2v) is 4.83. The lowest BCUT2D eigenvalue weighted by Gasteiger charge is -2.05. The Morgan fingerprint density at radius 2 is 2.07 bits per heavy atom. The van der Waals surface area contributed by atoms with Crippen molar-refractivity contribution in [2.75, 3.05) is 32.1 Å². The molecule has 0 bridgehead atoms. The van der Waals surface area contributed by atoms with Gasteiger partial charge in [0.05, 0.1) is 5.75 Å². The molecular formula is C8H20N2O3S. The third-order valence-electron chi connectivity index (χ3n) is 1.61. The average molecular weight is 224 g/mol. The molecule has 0 heterocycles. The number of hydrogen-bond donors (Lipinski definition) is 2. The third kappa shape index (κ3) is 8.43. The Labute approximate surface area is 86.1 Å². The highest BCUT2D eigenvalue weighted by molar-refractivity contribution is 7.89. The first kappa shape index (κ1) is 13.8. The molecule has 0 atom stereocenters. The van der Waals surface area contributed by atoms with Crippen LogP contribution in [-0.4, -0.2) is 40.5 Å². The molecule has 3 N–H and O–H groups in total. The second kappa shape index (κ2) is 8.16. The maximum absolute atomic E-state index is 11.2. The van der Waals surface area contributed by atoms with E-state index in [0.29, 0.717) is 39.1 Å². The zero-order chi connectivity index (χ0) is 10.9. The molecule has 0 saturated heterocycles. The predicted octanol–water partition coefficient (Wildman–Crippen LogP) is -0.319. The van der Waals surface area contributed by atoms with Crippen molar-refractivity contribution in [3.05, 3.63) is 0 Å². The Kier molecular flexibility index (Phi) is 8.07. The standard InChI is InChI=1S/C8H20N2O3S/c1-2-13-7-4-6-10-14(11,12)8-3-5-9/h10H,2-9H2,1H3. The van der Waals surface area contributed by atoms with E-state index in [2.05, 4.69) is 4.72 Å². The largest absolute Gasteiger partial charge is 0.382 e. The molecule has 0 aromatic rings. The summed E-state index contributed by atoms with van der Waals surface area (Å²) in [5, 5.41) is 0. The van der Waals surface area contributed by atoms with Crippen molar-refractivity contribution in [1.82, 2.24) is 4.72 Å². The molecule has 0 spiro atoms. The third-order valence-corrected chi connectivity index (χ3v) is 3.08. The zero-order valence-electron chi connectivity index (χ0n) is 8.66. The van der Waals surface area contributed by atoms with E-state index < -0.39 is 10.0 Å². The van der Waals surface area contributed by atoms with Gasteiger partial charge in [0.1, 0.15) is 0 Å². The van der Waals surface area contributed by atoms with Gasteiger partial charge in [-0.2, -0.15) is 0 Å². The number of sulfonamides is 1. The van der Waals surface area contributed by atoms with Gasteiger partial charge < -0.3 is 10.5 Å². The van der Waals surface area contributed by atoms with Crippen molar-refractivity contribution in [3.63, 3.8) is 0 Å². The molecule has 0 rings (SSSR count). The van der Waals surface area contributed by atoms with E-state index in [0.717, 1.165) is 0 Å². The van der Waals surface area contributed by atoms with Crippen molar-refractivity contribution in [3.8, 4) is 0 Å². The minimum Gasteiger partial charge on any atom is -0.382 e. The van der Waals surface area contributed by atoms with Crippen LogP contribution >= 0.6 is 0 Å². The lowest BCUT2D eigenvalue weighted by atomic mass is 10.5. The van der Waals surface area contributed by atoms with Crippen LogP contribution in [0.5, 0.6) is 0 Å². The van der Waals surface area contributed by atoms with Gasteiger partial charge in [-0.3, -0.25) is 0 Å². The molecule has 0 aromatic heterocycles. The molecular weight excluding hydrogens is 204 g/mol. The molecule has 0 unspecified atom stereocenters. The van der Waals surface area contributed by atoms with Crippen molar-refractivity contribution < 1.29 is 13.2 Å². The normalized spacial score (nSPS) is 11.9. The lowest BCUT2D eigenvalue weighted by Crippen LogP contribution is -2.28. The van der Waals surface area contributed by atoms with Gasteiger partial charge in [-0.1, -0.05) is 0 Å². The quantitative estimate of drug-likeness (QED) is 0.526. The Balaban J connectivity index is 3.46. The molecule has 0 aliphatic rings. The summed E-state index contributed by atoms with van der Waals surface area (Å²) in [4.78, 5) is 0. The fraction of sp³-hybridized carbons (Fsp3) is 1.00. The molecule has 0 aromatic carbocycles. The molecule has 0 saturated carbocycles. The van der Waals surface area contributed by atoms with Gasteiger partial charge in [-0.25, -0.2) is 13.1 Å². The van der Waals surface area contributed by atoms with Crippen molar-refractivity contribution in [1.29, 1.82) is 0 Å². The van der Waals surface area contributed by atoms with E-state index in [1.807, 2.05) is 6.92 Å². The maximum Gasteiger partial charge on any atom is 0.211 e. The van der Waals surface area contributed by atoms with Crippen molar-refractivity contribution in [2.45, 2.75) is 19.8 Å². The number of rotatable bonds is 9. The highest BCUT2D eigenvalue weighted by Crippen LogP contribution is 1.89. The maximum atomic E-state index is 11.2. The van der Waals surface area contributed by atoms with Gasteiger partial charge in [0.25, 0.3) is 0 Å². The molecule has 0 aliphatic carbocycles. The smallest absolute Gasteiger partial charge is 0.211 e. The Hall–Kier alpha value is -0.170. The fourth-order valence-electron chi connectivity index (χ4n) is 0.892. The second-order valence-electron chi connectivity index (χ2n) is 2.91. The van der Waals surface area contributed by atoms with Crippen LogP contribution in [0.4, 0.5) is 0 Å². The van der Waals surface area contributed by atoms with Crippen molar-refractivity contribution >= 4 is 10.0 Å². The monoisotopic (exact) mass is 224 g/mol. The van der Waals surface area contributed by atoms with Crippen LogP contribution in [0.15, 0.2) is 0 Å². The van der Waals surface area contributed by atoms with Crippen LogP contribution in [0.3, 0.4) is 0 Å². The fourth-order valence-corrected chi connectivity index (χ4v) is 2.04. The van der Waals surface area contributed by atoms with E-state index in [1.165, 1.54) is 0 Å². The summed E-state index contributed by atoms with van der Waals surface area (Å²) in [6, 6.07) is 0. The minimum atomic E-state index is -3.12. The van der Waals surface area contributed by atoms with Crippen LogP contribution in [0.2, 0.25) is 0 Å². The van der Waals surface area contributed by atoms with Crippen LogP contribution in [0, 0.1) is 0 Å². The topological polar surface area (TPSA) is 81.4 Å².